The Balaban J connectivity index is 1.70. The maximum absolute atomic E-state index is 11.7. The molecule has 5 nitrogen and oxygen atoms in total. The third kappa shape index (κ3) is 3.35. The number of carboxylic acids is 1. The van der Waals surface area contributed by atoms with Gasteiger partial charge in [0.25, 0.3) is 0 Å². The van der Waals surface area contributed by atoms with Crippen LogP contribution in [-0.2, 0) is 16.0 Å². The molecule has 0 aliphatic heterocycles. The number of nitrogens with one attached hydrogen (secondary N) is 1. The molecule has 1 fully saturated rings. The average Bonchev–Trinajstić information content (AvgIpc) is 2.96. The molecular weight excluding hydrogens is 234 g/mol. The zero-order valence-electron chi connectivity index (χ0n) is 10.1. The zero-order chi connectivity index (χ0) is 13.0. The summed E-state index contributed by atoms with van der Waals surface area (Å²) in [6, 6.07) is 3.64. The van der Waals surface area contributed by atoms with E-state index in [-0.39, 0.29) is 17.9 Å². The fourth-order valence-electron chi connectivity index (χ4n) is 2.33. The number of aliphatic carboxylic acids is 1. The van der Waals surface area contributed by atoms with E-state index in [1.54, 1.807) is 12.3 Å². The smallest absolute Gasteiger partial charge is 0.306 e. The van der Waals surface area contributed by atoms with Gasteiger partial charge in [-0.25, -0.2) is 0 Å². The van der Waals surface area contributed by atoms with E-state index in [2.05, 4.69) is 5.32 Å². The third-order valence-corrected chi connectivity index (χ3v) is 3.33. The zero-order valence-corrected chi connectivity index (χ0v) is 10.1. The Morgan fingerprint density at radius 2 is 2.28 bits per heavy atom. The van der Waals surface area contributed by atoms with E-state index in [9.17, 15) is 9.59 Å². The molecule has 98 valence electrons. The van der Waals surface area contributed by atoms with Gasteiger partial charge in [0.05, 0.1) is 12.2 Å². The molecule has 1 aromatic rings. The van der Waals surface area contributed by atoms with Crippen LogP contribution in [0.25, 0.3) is 0 Å². The quantitative estimate of drug-likeness (QED) is 0.832. The Hall–Kier alpha value is -1.78. The molecule has 0 saturated heterocycles. The molecule has 1 saturated carbocycles. The van der Waals surface area contributed by atoms with Gasteiger partial charge in [0.1, 0.15) is 5.76 Å². The van der Waals surface area contributed by atoms with Gasteiger partial charge in [0, 0.05) is 18.9 Å². The number of rotatable bonds is 5. The Bertz CT molecular complexity index is 413. The molecule has 0 bridgehead atoms. The lowest BCUT2D eigenvalue weighted by atomic mass is 10.1. The SMILES string of the molecule is O=C(CCc1ccco1)NC1CCC(C(=O)O)C1. The van der Waals surface area contributed by atoms with Gasteiger partial charge < -0.3 is 14.8 Å². The second-order valence-corrected chi connectivity index (χ2v) is 4.69. The summed E-state index contributed by atoms with van der Waals surface area (Å²) in [7, 11) is 0. The number of carbonyl (C=O) groups excluding carboxylic acids is 1. The minimum absolute atomic E-state index is 0.00945. The van der Waals surface area contributed by atoms with Crippen molar-refractivity contribution in [3.05, 3.63) is 24.2 Å². The average molecular weight is 251 g/mol. The summed E-state index contributed by atoms with van der Waals surface area (Å²) in [5.41, 5.74) is 0. The summed E-state index contributed by atoms with van der Waals surface area (Å²) >= 11 is 0. The van der Waals surface area contributed by atoms with Crippen LogP contribution in [-0.4, -0.2) is 23.0 Å². The van der Waals surface area contributed by atoms with Crippen LogP contribution in [0.15, 0.2) is 22.8 Å². The van der Waals surface area contributed by atoms with E-state index in [0.29, 0.717) is 25.7 Å². The molecule has 0 aromatic carbocycles. The van der Waals surface area contributed by atoms with E-state index in [0.717, 1.165) is 12.2 Å². The van der Waals surface area contributed by atoms with Crippen molar-refractivity contribution < 1.29 is 19.1 Å². The first-order valence-corrected chi connectivity index (χ1v) is 6.19. The van der Waals surface area contributed by atoms with Crippen molar-refractivity contribution in [2.24, 2.45) is 5.92 Å². The van der Waals surface area contributed by atoms with Crippen molar-refractivity contribution in [1.29, 1.82) is 0 Å². The number of aryl methyl sites for hydroxylation is 1. The molecular formula is C13H17NO4. The van der Waals surface area contributed by atoms with Gasteiger partial charge in [-0.3, -0.25) is 9.59 Å². The van der Waals surface area contributed by atoms with E-state index < -0.39 is 5.97 Å². The molecule has 0 spiro atoms. The van der Waals surface area contributed by atoms with Crippen molar-refractivity contribution in [3.63, 3.8) is 0 Å². The number of furan rings is 1. The van der Waals surface area contributed by atoms with Crippen LogP contribution in [0.2, 0.25) is 0 Å². The van der Waals surface area contributed by atoms with Crippen molar-refractivity contribution >= 4 is 11.9 Å². The predicted octanol–water partition coefficient (Wildman–Crippen LogP) is 1.58. The van der Waals surface area contributed by atoms with Gasteiger partial charge in [-0.2, -0.15) is 0 Å². The lowest BCUT2D eigenvalue weighted by molar-refractivity contribution is -0.141. The van der Waals surface area contributed by atoms with Gasteiger partial charge in [-0.1, -0.05) is 0 Å². The van der Waals surface area contributed by atoms with Crippen molar-refractivity contribution in [3.8, 4) is 0 Å². The molecule has 5 heteroatoms. The first-order chi connectivity index (χ1) is 8.65. The number of amides is 1. The van der Waals surface area contributed by atoms with E-state index >= 15 is 0 Å². The second kappa shape index (κ2) is 5.71. The highest BCUT2D eigenvalue weighted by atomic mass is 16.4. The first-order valence-electron chi connectivity index (χ1n) is 6.19. The van der Waals surface area contributed by atoms with Crippen LogP contribution in [0.3, 0.4) is 0 Å². The normalized spacial score (nSPS) is 22.9. The summed E-state index contributed by atoms with van der Waals surface area (Å²) in [6.45, 7) is 0. The van der Waals surface area contributed by atoms with Crippen LogP contribution in [0, 0.1) is 5.92 Å². The van der Waals surface area contributed by atoms with Crippen LogP contribution in [0.4, 0.5) is 0 Å². The molecule has 1 heterocycles. The summed E-state index contributed by atoms with van der Waals surface area (Å²) < 4.78 is 5.14. The largest absolute Gasteiger partial charge is 0.481 e. The maximum atomic E-state index is 11.7. The van der Waals surface area contributed by atoms with Gasteiger partial charge >= 0.3 is 5.97 Å². The summed E-state index contributed by atoms with van der Waals surface area (Å²) in [5.74, 6) is -0.315. The molecule has 2 N–H and O–H groups in total. The van der Waals surface area contributed by atoms with Gasteiger partial charge in [-0.15, -0.1) is 0 Å². The van der Waals surface area contributed by atoms with Crippen LogP contribution in [0.1, 0.15) is 31.4 Å². The molecule has 2 rings (SSSR count). The Morgan fingerprint density at radius 3 is 2.89 bits per heavy atom. The number of carbonyl (C=O) groups is 2. The van der Waals surface area contributed by atoms with Gasteiger partial charge in [0.15, 0.2) is 0 Å². The Morgan fingerprint density at radius 1 is 1.44 bits per heavy atom. The van der Waals surface area contributed by atoms with Crippen molar-refractivity contribution in [1.82, 2.24) is 5.32 Å². The summed E-state index contributed by atoms with van der Waals surface area (Å²) in [4.78, 5) is 22.5. The summed E-state index contributed by atoms with van der Waals surface area (Å²) in [6.07, 6.45) is 4.49. The highest BCUT2D eigenvalue weighted by Gasteiger charge is 2.30. The molecule has 18 heavy (non-hydrogen) atoms. The minimum atomic E-state index is -0.762. The van der Waals surface area contributed by atoms with Crippen LogP contribution >= 0.6 is 0 Å². The highest BCUT2D eigenvalue weighted by Crippen LogP contribution is 2.25. The fourth-order valence-corrected chi connectivity index (χ4v) is 2.33. The number of hydrogen-bond donors (Lipinski definition) is 2. The highest BCUT2D eigenvalue weighted by molar-refractivity contribution is 5.77. The monoisotopic (exact) mass is 251 g/mol. The lowest BCUT2D eigenvalue weighted by Gasteiger charge is -2.11. The van der Waals surface area contributed by atoms with Gasteiger partial charge in [0.2, 0.25) is 5.91 Å². The third-order valence-electron chi connectivity index (χ3n) is 3.33. The van der Waals surface area contributed by atoms with Crippen LogP contribution in [0.5, 0.6) is 0 Å². The maximum Gasteiger partial charge on any atom is 0.306 e. The lowest BCUT2D eigenvalue weighted by Crippen LogP contribution is -2.33. The molecule has 1 aromatic heterocycles. The fraction of sp³-hybridized carbons (Fsp3) is 0.538. The van der Waals surface area contributed by atoms with Crippen molar-refractivity contribution in [2.75, 3.05) is 0 Å². The summed E-state index contributed by atoms with van der Waals surface area (Å²) in [5, 5.41) is 11.8. The minimum Gasteiger partial charge on any atom is -0.481 e. The molecule has 1 aliphatic rings. The van der Waals surface area contributed by atoms with E-state index in [1.807, 2.05) is 6.07 Å². The molecule has 0 radical (unpaired) electrons. The molecule has 1 amide bonds. The van der Waals surface area contributed by atoms with Crippen LogP contribution < -0.4 is 5.32 Å². The predicted molar refractivity (Wildman–Crippen MR) is 63.9 cm³/mol. The Kier molecular flexibility index (Phi) is 4.02. The number of hydrogen-bond acceptors (Lipinski definition) is 3. The topological polar surface area (TPSA) is 79.5 Å². The van der Waals surface area contributed by atoms with Gasteiger partial charge in [-0.05, 0) is 31.4 Å². The molecule has 2 unspecified atom stereocenters. The molecule has 1 aliphatic carbocycles. The van der Waals surface area contributed by atoms with Crippen molar-refractivity contribution in [2.45, 2.75) is 38.1 Å². The molecule has 2 atom stereocenters. The Labute approximate surface area is 105 Å². The van der Waals surface area contributed by atoms with E-state index in [1.165, 1.54) is 0 Å². The second-order valence-electron chi connectivity index (χ2n) is 4.69. The van der Waals surface area contributed by atoms with E-state index in [4.69, 9.17) is 9.52 Å². The first kappa shape index (κ1) is 12.7. The number of carboxylic acid groups (broad SMARTS) is 1. The standard InChI is InChI=1S/C13H17NO4/c15-12(6-5-11-2-1-7-18-11)14-10-4-3-9(8-10)13(16)17/h1-2,7,9-10H,3-6,8H2,(H,14,15)(H,16,17).